The van der Waals surface area contributed by atoms with Crippen LogP contribution in [0.4, 0.5) is 0 Å². The molecule has 29 heavy (non-hydrogen) atoms. The zero-order valence-electron chi connectivity index (χ0n) is 18.2. The Morgan fingerprint density at radius 3 is 2.72 bits per heavy atom. The smallest absolute Gasteiger partial charge is 0.136 e. The van der Waals surface area contributed by atoms with Crippen LogP contribution in [0.3, 0.4) is 0 Å². The maximum absolute atomic E-state index is 13.1. The van der Waals surface area contributed by atoms with Crippen LogP contribution >= 0.6 is 12.4 Å². The number of piperidine rings is 1. The fourth-order valence-corrected chi connectivity index (χ4v) is 7.25. The van der Waals surface area contributed by atoms with E-state index in [1.165, 1.54) is 36.9 Å². The Bertz CT molecular complexity index is 776. The van der Waals surface area contributed by atoms with E-state index in [2.05, 4.69) is 36.9 Å². The van der Waals surface area contributed by atoms with Crippen LogP contribution in [-0.4, -0.2) is 36.9 Å². The van der Waals surface area contributed by atoms with Crippen LogP contribution in [0.5, 0.6) is 5.75 Å². The van der Waals surface area contributed by atoms with Crippen molar-refractivity contribution in [2.75, 3.05) is 20.2 Å². The van der Waals surface area contributed by atoms with Crippen LogP contribution < -0.4 is 4.74 Å². The van der Waals surface area contributed by atoms with Gasteiger partial charge in [-0.3, -0.25) is 9.69 Å². The van der Waals surface area contributed by atoms with Crippen molar-refractivity contribution in [3.05, 3.63) is 29.3 Å². The van der Waals surface area contributed by atoms with E-state index in [1.807, 2.05) is 0 Å². The summed E-state index contributed by atoms with van der Waals surface area (Å²) in [5, 5.41) is 0. The number of hydrogen-bond acceptors (Lipinski definition) is 3. The van der Waals surface area contributed by atoms with Gasteiger partial charge in [0.05, 0.1) is 7.11 Å². The number of fused-ring (bicyclic) bond motifs is 1. The van der Waals surface area contributed by atoms with Gasteiger partial charge in [0, 0.05) is 30.3 Å². The lowest BCUT2D eigenvalue weighted by molar-refractivity contribution is -0.140. The van der Waals surface area contributed by atoms with Gasteiger partial charge in [-0.1, -0.05) is 32.8 Å². The SMILES string of the molecule is CC[C@@H]1[C@@H](C)C(=O)CC23CCN(CC4CCC4)C(Cc4ccc(OC)cc42)[C@@H]13.Cl. The Labute approximate surface area is 182 Å². The number of nitrogens with zero attached hydrogens (tertiary/aromatic N) is 1. The molecule has 0 amide bonds. The topological polar surface area (TPSA) is 29.5 Å². The van der Waals surface area contributed by atoms with Crippen molar-refractivity contribution in [1.82, 2.24) is 4.90 Å². The van der Waals surface area contributed by atoms with E-state index in [0.29, 0.717) is 23.7 Å². The van der Waals surface area contributed by atoms with Gasteiger partial charge in [0.25, 0.3) is 0 Å². The highest BCUT2D eigenvalue weighted by atomic mass is 35.5. The van der Waals surface area contributed by atoms with Crippen LogP contribution in [-0.2, 0) is 16.6 Å². The third-order valence-corrected chi connectivity index (χ3v) is 8.94. The molecule has 3 fully saturated rings. The molecule has 0 N–H and O–H groups in total. The molecule has 2 unspecified atom stereocenters. The fourth-order valence-electron chi connectivity index (χ4n) is 7.25. The summed E-state index contributed by atoms with van der Waals surface area (Å²) in [6, 6.07) is 7.29. The number of hydrogen-bond donors (Lipinski definition) is 0. The van der Waals surface area contributed by atoms with Crippen LogP contribution in [0.25, 0.3) is 0 Å². The van der Waals surface area contributed by atoms with Crippen LogP contribution in [0.2, 0.25) is 0 Å². The maximum Gasteiger partial charge on any atom is 0.136 e. The Kier molecular flexibility index (Phi) is 5.76. The largest absolute Gasteiger partial charge is 0.497 e. The molecule has 4 heteroatoms. The van der Waals surface area contributed by atoms with Gasteiger partial charge in [0.15, 0.2) is 0 Å². The number of methoxy groups -OCH3 is 1. The lowest BCUT2D eigenvalue weighted by Crippen LogP contribution is -2.66. The van der Waals surface area contributed by atoms with Gasteiger partial charge in [-0.15, -0.1) is 12.4 Å². The van der Waals surface area contributed by atoms with E-state index in [-0.39, 0.29) is 23.7 Å². The lowest BCUT2D eigenvalue weighted by Gasteiger charge is -2.62. The van der Waals surface area contributed by atoms with E-state index < -0.39 is 0 Å². The molecule has 0 radical (unpaired) electrons. The molecular formula is C25H36ClNO2. The molecule has 1 heterocycles. The molecule has 2 saturated carbocycles. The predicted octanol–water partition coefficient (Wildman–Crippen LogP) is 5.04. The van der Waals surface area contributed by atoms with Gasteiger partial charge in [-0.25, -0.2) is 0 Å². The predicted molar refractivity (Wildman–Crippen MR) is 119 cm³/mol. The molecule has 0 aromatic heterocycles. The minimum absolute atomic E-state index is 0. The molecule has 160 valence electrons. The molecule has 3 aliphatic carbocycles. The van der Waals surface area contributed by atoms with Crippen molar-refractivity contribution < 1.29 is 9.53 Å². The summed E-state index contributed by atoms with van der Waals surface area (Å²) in [7, 11) is 1.76. The quantitative estimate of drug-likeness (QED) is 0.687. The van der Waals surface area contributed by atoms with E-state index >= 15 is 0 Å². The van der Waals surface area contributed by atoms with Gasteiger partial charge in [0.2, 0.25) is 0 Å². The number of benzene rings is 1. The molecule has 1 saturated heterocycles. The van der Waals surface area contributed by atoms with E-state index in [0.717, 1.165) is 43.9 Å². The van der Waals surface area contributed by atoms with Crippen molar-refractivity contribution in [3.8, 4) is 5.75 Å². The van der Waals surface area contributed by atoms with Crippen LogP contribution in [0, 0.1) is 23.7 Å². The summed E-state index contributed by atoms with van der Waals surface area (Å²) in [6.45, 7) is 6.95. The summed E-state index contributed by atoms with van der Waals surface area (Å²) < 4.78 is 5.60. The summed E-state index contributed by atoms with van der Waals surface area (Å²) >= 11 is 0. The summed E-state index contributed by atoms with van der Waals surface area (Å²) in [5.74, 6) is 3.67. The Balaban J connectivity index is 0.00000205. The van der Waals surface area contributed by atoms with Crippen molar-refractivity contribution in [3.63, 3.8) is 0 Å². The van der Waals surface area contributed by atoms with Crippen molar-refractivity contribution in [2.24, 2.45) is 23.7 Å². The minimum atomic E-state index is 0. The normalized spacial score (nSPS) is 36.4. The van der Waals surface area contributed by atoms with E-state index in [4.69, 9.17) is 4.74 Å². The van der Waals surface area contributed by atoms with Crippen molar-refractivity contribution >= 4 is 18.2 Å². The Morgan fingerprint density at radius 2 is 2.07 bits per heavy atom. The Hall–Kier alpha value is -1.06. The molecule has 4 aliphatic rings. The standard InChI is InChI=1S/C25H35NO2.ClH/c1-4-20-16(2)23(27)14-25-10-11-26(15-17-6-5-7-17)22(24(20)25)12-18-8-9-19(28-3)13-21(18)25;/h8-9,13,16-17,20,22,24H,4-7,10-12,14-15H2,1-3H3;1H/t16-,20-,22?,24-,25?;/m1./s1. The zero-order valence-corrected chi connectivity index (χ0v) is 19.0. The molecule has 5 atom stereocenters. The molecule has 1 aromatic carbocycles. The lowest BCUT2D eigenvalue weighted by atomic mass is 9.47. The van der Waals surface area contributed by atoms with E-state index in [1.54, 1.807) is 7.11 Å². The first kappa shape index (κ1) is 21.2. The van der Waals surface area contributed by atoms with Crippen LogP contribution in [0.1, 0.15) is 63.5 Å². The first-order valence-corrected chi connectivity index (χ1v) is 11.5. The highest BCUT2D eigenvalue weighted by Gasteiger charge is 2.60. The third-order valence-electron chi connectivity index (χ3n) is 8.94. The molecule has 1 aliphatic heterocycles. The summed E-state index contributed by atoms with van der Waals surface area (Å²) in [5.41, 5.74) is 2.94. The van der Waals surface area contributed by atoms with Gasteiger partial charge in [0.1, 0.15) is 11.5 Å². The highest BCUT2D eigenvalue weighted by Crippen LogP contribution is 2.59. The van der Waals surface area contributed by atoms with Crippen molar-refractivity contribution in [1.29, 1.82) is 0 Å². The number of likely N-dealkylation sites (tertiary alicyclic amines) is 1. The van der Waals surface area contributed by atoms with Gasteiger partial charge in [-0.05, 0) is 73.2 Å². The second-order valence-corrected chi connectivity index (χ2v) is 10.0. The fraction of sp³-hybridized carbons (Fsp3) is 0.720. The molecule has 0 spiro atoms. The number of halogens is 1. The van der Waals surface area contributed by atoms with E-state index in [9.17, 15) is 4.79 Å². The van der Waals surface area contributed by atoms with Gasteiger partial charge in [-0.2, -0.15) is 0 Å². The maximum atomic E-state index is 13.1. The molecule has 1 aromatic rings. The average Bonchev–Trinajstić information content (AvgIpc) is 2.67. The number of ether oxygens (including phenoxy) is 1. The van der Waals surface area contributed by atoms with Crippen LogP contribution in [0.15, 0.2) is 18.2 Å². The molecular weight excluding hydrogens is 382 g/mol. The first-order chi connectivity index (χ1) is 13.6. The molecule has 5 rings (SSSR count). The summed E-state index contributed by atoms with van der Waals surface area (Å²) in [4.78, 5) is 16.0. The second kappa shape index (κ2) is 7.89. The molecule has 3 nitrogen and oxygen atoms in total. The molecule has 2 bridgehead atoms. The van der Waals surface area contributed by atoms with Gasteiger partial charge >= 0.3 is 0 Å². The summed E-state index contributed by atoms with van der Waals surface area (Å²) in [6.07, 6.45) is 8.39. The highest BCUT2D eigenvalue weighted by molar-refractivity contribution is 5.85. The minimum Gasteiger partial charge on any atom is -0.497 e. The second-order valence-electron chi connectivity index (χ2n) is 10.0. The average molecular weight is 418 g/mol. The number of Topliss-reactive ketones (excluding diaryl/α,β-unsaturated/α-hetero) is 1. The number of ketones is 1. The number of carbonyl (C=O) groups excluding carboxylic acids is 1. The zero-order chi connectivity index (χ0) is 19.5. The first-order valence-electron chi connectivity index (χ1n) is 11.5. The number of rotatable bonds is 4. The van der Waals surface area contributed by atoms with Gasteiger partial charge < -0.3 is 4.74 Å². The Morgan fingerprint density at radius 1 is 1.28 bits per heavy atom. The van der Waals surface area contributed by atoms with Crippen molar-refractivity contribution in [2.45, 2.75) is 70.3 Å². The monoisotopic (exact) mass is 417 g/mol. The third kappa shape index (κ3) is 3.15. The number of carbonyl (C=O) groups is 1.